The Kier molecular flexibility index (Phi) is 19.2. The highest BCUT2D eigenvalue weighted by Gasteiger charge is 1.93. The first kappa shape index (κ1) is 20.6. The zero-order valence-electron chi connectivity index (χ0n) is 15.0. The molecule has 0 amide bonds. The van der Waals surface area contributed by atoms with Gasteiger partial charge in [0, 0.05) is 12.8 Å². The lowest BCUT2D eigenvalue weighted by Gasteiger charge is -2.03. The minimum atomic E-state index is 1.01. The number of unbranched alkanes of at least 4 members (excludes halogenated alkanes) is 15. The third-order valence-corrected chi connectivity index (χ3v) is 4.21. The molecule has 0 saturated carbocycles. The first-order chi connectivity index (χ1) is 10.4. The van der Waals surface area contributed by atoms with Crippen LogP contribution >= 0.6 is 0 Å². The van der Waals surface area contributed by atoms with Crippen LogP contribution in [0.4, 0.5) is 0 Å². The fraction of sp³-hybridized carbons (Fsp3) is 0.905. The van der Waals surface area contributed by atoms with E-state index in [2.05, 4.69) is 25.7 Å². The molecule has 0 bridgehead atoms. The monoisotopic (exact) mass is 292 g/mol. The molecule has 0 radical (unpaired) electrons. The number of rotatable bonds is 15. The maximum absolute atomic E-state index is 3.23. The standard InChI is InChI=1S/C21H40/c1-3-5-7-9-11-13-15-17-19-21-20-18-16-14-12-10-8-6-4-2/h3-5,7,9-21H2,1-2H3. The molecule has 0 aromatic carbocycles. The molecule has 0 aromatic heterocycles. The van der Waals surface area contributed by atoms with Crippen LogP contribution in [-0.2, 0) is 0 Å². The van der Waals surface area contributed by atoms with Crippen molar-refractivity contribution in [2.75, 3.05) is 0 Å². The van der Waals surface area contributed by atoms with E-state index in [1.807, 2.05) is 0 Å². The Hall–Kier alpha value is -0.440. The van der Waals surface area contributed by atoms with E-state index in [4.69, 9.17) is 0 Å². The molecule has 0 fully saturated rings. The first-order valence-corrected chi connectivity index (χ1v) is 9.87. The molecule has 0 atom stereocenters. The minimum absolute atomic E-state index is 1.01. The van der Waals surface area contributed by atoms with Crippen molar-refractivity contribution in [2.45, 2.75) is 123 Å². The van der Waals surface area contributed by atoms with Gasteiger partial charge in [-0.15, -0.1) is 11.8 Å². The highest BCUT2D eigenvalue weighted by Crippen LogP contribution is 2.13. The van der Waals surface area contributed by atoms with Crippen molar-refractivity contribution in [3.05, 3.63) is 0 Å². The molecule has 0 rings (SSSR count). The van der Waals surface area contributed by atoms with Crippen molar-refractivity contribution >= 4 is 0 Å². The summed E-state index contributed by atoms with van der Waals surface area (Å²) in [5, 5.41) is 0. The molecule has 0 heterocycles. The van der Waals surface area contributed by atoms with Crippen molar-refractivity contribution in [3.8, 4) is 11.8 Å². The average Bonchev–Trinajstić information content (AvgIpc) is 2.50. The highest BCUT2D eigenvalue weighted by molar-refractivity contribution is 4.97. The molecule has 124 valence electrons. The minimum Gasteiger partial charge on any atom is -0.104 e. The first-order valence-electron chi connectivity index (χ1n) is 9.87. The summed E-state index contributed by atoms with van der Waals surface area (Å²) in [4.78, 5) is 0. The predicted molar refractivity (Wildman–Crippen MR) is 97.6 cm³/mol. The zero-order valence-corrected chi connectivity index (χ0v) is 15.0. The Morgan fingerprint density at radius 1 is 0.429 bits per heavy atom. The Labute approximate surface area is 135 Å². The van der Waals surface area contributed by atoms with E-state index in [1.165, 1.54) is 96.3 Å². The lowest BCUT2D eigenvalue weighted by atomic mass is 10.0. The van der Waals surface area contributed by atoms with Crippen LogP contribution in [0.5, 0.6) is 0 Å². The largest absolute Gasteiger partial charge is 0.104 e. The SMILES string of the molecule is CCC#CCCCCCCCCCCCCCCCCC. The fourth-order valence-electron chi connectivity index (χ4n) is 2.80. The maximum Gasteiger partial charge on any atom is 0.00886 e. The van der Waals surface area contributed by atoms with Crippen LogP contribution in [0.25, 0.3) is 0 Å². The van der Waals surface area contributed by atoms with Crippen LogP contribution in [-0.4, -0.2) is 0 Å². The molecule has 0 saturated heterocycles. The molecule has 0 spiro atoms. The molecule has 0 aromatic rings. The lowest BCUT2D eigenvalue weighted by molar-refractivity contribution is 0.533. The average molecular weight is 293 g/mol. The van der Waals surface area contributed by atoms with E-state index < -0.39 is 0 Å². The second-order valence-electron chi connectivity index (χ2n) is 6.41. The summed E-state index contributed by atoms with van der Waals surface area (Å²) in [6.07, 6.45) is 23.7. The smallest absolute Gasteiger partial charge is 0.00886 e. The normalized spacial score (nSPS) is 10.4. The summed E-state index contributed by atoms with van der Waals surface area (Å²) in [6, 6.07) is 0. The molecule has 0 aliphatic heterocycles. The second kappa shape index (κ2) is 19.6. The van der Waals surface area contributed by atoms with Crippen LogP contribution in [0.2, 0.25) is 0 Å². The van der Waals surface area contributed by atoms with Gasteiger partial charge in [-0.25, -0.2) is 0 Å². The van der Waals surface area contributed by atoms with Crippen LogP contribution in [0, 0.1) is 11.8 Å². The summed E-state index contributed by atoms with van der Waals surface area (Å²) < 4.78 is 0. The van der Waals surface area contributed by atoms with Crippen molar-refractivity contribution in [3.63, 3.8) is 0 Å². The van der Waals surface area contributed by atoms with Gasteiger partial charge in [0.1, 0.15) is 0 Å². The van der Waals surface area contributed by atoms with Gasteiger partial charge in [0.05, 0.1) is 0 Å². The van der Waals surface area contributed by atoms with E-state index in [1.54, 1.807) is 0 Å². The Morgan fingerprint density at radius 3 is 1.19 bits per heavy atom. The highest BCUT2D eigenvalue weighted by atomic mass is 14.0. The van der Waals surface area contributed by atoms with Crippen molar-refractivity contribution in [2.24, 2.45) is 0 Å². The molecule has 0 heteroatoms. The van der Waals surface area contributed by atoms with E-state index >= 15 is 0 Å². The summed E-state index contributed by atoms with van der Waals surface area (Å²) in [5.41, 5.74) is 0. The molecule has 0 nitrogen and oxygen atoms in total. The molecule has 0 aliphatic rings. The van der Waals surface area contributed by atoms with Gasteiger partial charge in [-0.3, -0.25) is 0 Å². The Bertz CT molecular complexity index is 230. The van der Waals surface area contributed by atoms with Crippen LogP contribution in [0.3, 0.4) is 0 Å². The lowest BCUT2D eigenvalue weighted by Crippen LogP contribution is -1.83. The topological polar surface area (TPSA) is 0 Å². The Balaban J connectivity index is 2.96. The molecule has 21 heavy (non-hydrogen) atoms. The zero-order chi connectivity index (χ0) is 15.4. The molecular formula is C21H40. The summed E-state index contributed by atoms with van der Waals surface area (Å²) in [5.74, 6) is 6.38. The Morgan fingerprint density at radius 2 is 0.810 bits per heavy atom. The maximum atomic E-state index is 3.23. The van der Waals surface area contributed by atoms with Gasteiger partial charge in [-0.2, -0.15) is 0 Å². The van der Waals surface area contributed by atoms with Crippen molar-refractivity contribution in [1.29, 1.82) is 0 Å². The van der Waals surface area contributed by atoms with E-state index in [0.717, 1.165) is 12.8 Å². The molecular weight excluding hydrogens is 252 g/mol. The van der Waals surface area contributed by atoms with Crippen LogP contribution in [0.1, 0.15) is 123 Å². The second-order valence-corrected chi connectivity index (χ2v) is 6.41. The fourth-order valence-corrected chi connectivity index (χ4v) is 2.80. The number of hydrogen-bond donors (Lipinski definition) is 0. The van der Waals surface area contributed by atoms with Gasteiger partial charge < -0.3 is 0 Å². The van der Waals surface area contributed by atoms with Gasteiger partial charge in [0.2, 0.25) is 0 Å². The van der Waals surface area contributed by atoms with Crippen molar-refractivity contribution in [1.82, 2.24) is 0 Å². The molecule has 0 N–H and O–H groups in total. The predicted octanol–water partition coefficient (Wildman–Crippen LogP) is 7.66. The molecule has 0 unspecified atom stereocenters. The van der Waals surface area contributed by atoms with Crippen LogP contribution < -0.4 is 0 Å². The van der Waals surface area contributed by atoms with Crippen LogP contribution in [0.15, 0.2) is 0 Å². The van der Waals surface area contributed by atoms with Gasteiger partial charge >= 0.3 is 0 Å². The van der Waals surface area contributed by atoms with Crippen molar-refractivity contribution < 1.29 is 0 Å². The molecule has 0 aliphatic carbocycles. The van der Waals surface area contributed by atoms with Gasteiger partial charge in [0.25, 0.3) is 0 Å². The van der Waals surface area contributed by atoms with E-state index in [0.29, 0.717) is 0 Å². The number of hydrogen-bond acceptors (Lipinski definition) is 0. The quantitative estimate of drug-likeness (QED) is 0.215. The third-order valence-electron chi connectivity index (χ3n) is 4.21. The van der Waals surface area contributed by atoms with Gasteiger partial charge in [0.15, 0.2) is 0 Å². The van der Waals surface area contributed by atoms with E-state index in [9.17, 15) is 0 Å². The summed E-state index contributed by atoms with van der Waals surface area (Å²) in [6.45, 7) is 4.42. The van der Waals surface area contributed by atoms with Gasteiger partial charge in [-0.1, -0.05) is 104 Å². The summed E-state index contributed by atoms with van der Waals surface area (Å²) in [7, 11) is 0. The third kappa shape index (κ3) is 19.6. The summed E-state index contributed by atoms with van der Waals surface area (Å²) >= 11 is 0. The van der Waals surface area contributed by atoms with Gasteiger partial charge in [-0.05, 0) is 6.42 Å². The van der Waals surface area contributed by atoms with E-state index in [-0.39, 0.29) is 0 Å².